The fourth-order valence-electron chi connectivity index (χ4n) is 2.57. The Balaban J connectivity index is 2.46. The molecule has 1 atom stereocenters. The van der Waals surface area contributed by atoms with E-state index >= 15 is 0 Å². The van der Waals surface area contributed by atoms with Gasteiger partial charge in [0.15, 0.2) is 0 Å². The van der Waals surface area contributed by atoms with Crippen LogP contribution in [-0.2, 0) is 4.79 Å². The molecular formula is C13H26N2O2. The van der Waals surface area contributed by atoms with Crippen LogP contribution in [0.3, 0.4) is 0 Å². The van der Waals surface area contributed by atoms with Crippen molar-refractivity contribution in [3.05, 3.63) is 0 Å². The van der Waals surface area contributed by atoms with E-state index in [1.165, 1.54) is 0 Å². The fraction of sp³-hybridized carbons (Fsp3) is 0.923. The van der Waals surface area contributed by atoms with E-state index in [1.54, 1.807) is 0 Å². The third-order valence-corrected chi connectivity index (χ3v) is 3.79. The summed E-state index contributed by atoms with van der Waals surface area (Å²) in [5.74, 6) is -0.651. The van der Waals surface area contributed by atoms with Crippen LogP contribution in [0.2, 0.25) is 0 Å². The van der Waals surface area contributed by atoms with Gasteiger partial charge in [-0.3, -0.25) is 9.69 Å². The van der Waals surface area contributed by atoms with Gasteiger partial charge < -0.3 is 10.0 Å². The molecule has 1 saturated heterocycles. The van der Waals surface area contributed by atoms with Gasteiger partial charge in [0, 0.05) is 19.1 Å². The van der Waals surface area contributed by atoms with E-state index in [-0.39, 0.29) is 6.04 Å². The molecule has 0 aromatic carbocycles. The maximum atomic E-state index is 11.3. The minimum Gasteiger partial charge on any atom is -0.480 e. The lowest BCUT2D eigenvalue weighted by Crippen LogP contribution is -2.49. The summed E-state index contributed by atoms with van der Waals surface area (Å²) in [7, 11) is 4.21. The maximum Gasteiger partial charge on any atom is 0.320 e. The molecule has 100 valence electrons. The number of hydrogen-bond acceptors (Lipinski definition) is 3. The van der Waals surface area contributed by atoms with E-state index in [2.05, 4.69) is 30.8 Å². The lowest BCUT2D eigenvalue weighted by atomic mass is 10.00. The number of aliphatic carboxylic acids is 1. The van der Waals surface area contributed by atoms with Crippen LogP contribution in [0.1, 0.15) is 39.0 Å². The van der Waals surface area contributed by atoms with Crippen LogP contribution in [0.15, 0.2) is 0 Å². The Morgan fingerprint density at radius 2 is 2.00 bits per heavy atom. The van der Waals surface area contributed by atoms with E-state index in [4.69, 9.17) is 0 Å². The summed E-state index contributed by atoms with van der Waals surface area (Å²) >= 11 is 0. The lowest BCUT2D eigenvalue weighted by Gasteiger charge is -2.38. The Bertz CT molecular complexity index is 236. The van der Waals surface area contributed by atoms with E-state index in [0.29, 0.717) is 6.04 Å². The number of carbonyl (C=O) groups is 1. The van der Waals surface area contributed by atoms with E-state index in [0.717, 1.165) is 45.2 Å². The number of piperidine rings is 1. The molecule has 17 heavy (non-hydrogen) atoms. The monoisotopic (exact) mass is 242 g/mol. The summed E-state index contributed by atoms with van der Waals surface area (Å²) in [6, 6.07) is 0.352. The van der Waals surface area contributed by atoms with Crippen LogP contribution < -0.4 is 0 Å². The first-order valence-electron chi connectivity index (χ1n) is 6.69. The molecule has 1 fully saturated rings. The minimum atomic E-state index is -0.651. The highest BCUT2D eigenvalue weighted by Crippen LogP contribution is 2.19. The Morgan fingerprint density at radius 3 is 2.41 bits per heavy atom. The van der Waals surface area contributed by atoms with Gasteiger partial charge in [0.1, 0.15) is 6.04 Å². The number of carboxylic acid groups (broad SMARTS) is 1. The van der Waals surface area contributed by atoms with Gasteiger partial charge in [-0.05, 0) is 33.4 Å². The molecule has 0 amide bonds. The molecule has 1 N–H and O–H groups in total. The highest BCUT2D eigenvalue weighted by molar-refractivity contribution is 5.73. The largest absolute Gasteiger partial charge is 0.480 e. The molecule has 1 aliphatic heterocycles. The second kappa shape index (κ2) is 6.97. The Hall–Kier alpha value is -0.610. The Morgan fingerprint density at radius 1 is 1.41 bits per heavy atom. The normalized spacial score (nSPS) is 20.7. The molecule has 0 radical (unpaired) electrons. The zero-order chi connectivity index (χ0) is 12.8. The SMILES string of the molecule is CCCCC(C(=O)O)N1CCC(N(C)C)CC1. The summed E-state index contributed by atoms with van der Waals surface area (Å²) in [6.45, 7) is 3.95. The van der Waals surface area contributed by atoms with E-state index in [1.807, 2.05) is 0 Å². The third kappa shape index (κ3) is 4.28. The van der Waals surface area contributed by atoms with Crippen LogP contribution in [0.5, 0.6) is 0 Å². The van der Waals surface area contributed by atoms with Gasteiger partial charge in [0.25, 0.3) is 0 Å². The molecule has 1 rings (SSSR count). The molecule has 1 heterocycles. The van der Waals surface area contributed by atoms with Gasteiger partial charge in [-0.2, -0.15) is 0 Å². The highest BCUT2D eigenvalue weighted by Gasteiger charge is 2.29. The zero-order valence-corrected chi connectivity index (χ0v) is 11.4. The van der Waals surface area contributed by atoms with Crippen molar-refractivity contribution >= 4 is 5.97 Å². The summed E-state index contributed by atoms with van der Waals surface area (Å²) < 4.78 is 0. The predicted molar refractivity (Wildman–Crippen MR) is 69.2 cm³/mol. The predicted octanol–water partition coefficient (Wildman–Crippen LogP) is 1.66. The standard InChI is InChI=1S/C13H26N2O2/c1-4-5-6-12(13(16)17)15-9-7-11(8-10-15)14(2)3/h11-12H,4-10H2,1-3H3,(H,16,17). The Labute approximate surface area is 105 Å². The van der Waals surface area contributed by atoms with Crippen LogP contribution in [-0.4, -0.2) is 60.1 Å². The molecular weight excluding hydrogens is 216 g/mol. The van der Waals surface area contributed by atoms with Gasteiger partial charge in [-0.15, -0.1) is 0 Å². The molecule has 0 spiro atoms. The average molecular weight is 242 g/mol. The van der Waals surface area contributed by atoms with Gasteiger partial charge in [-0.1, -0.05) is 19.8 Å². The first kappa shape index (κ1) is 14.5. The molecule has 0 aromatic heterocycles. The second-order valence-electron chi connectivity index (χ2n) is 5.23. The maximum absolute atomic E-state index is 11.3. The Kier molecular flexibility index (Phi) is 5.92. The number of rotatable bonds is 6. The van der Waals surface area contributed by atoms with Crippen LogP contribution in [0.25, 0.3) is 0 Å². The highest BCUT2D eigenvalue weighted by atomic mass is 16.4. The fourth-order valence-corrected chi connectivity index (χ4v) is 2.57. The lowest BCUT2D eigenvalue weighted by molar-refractivity contribution is -0.144. The number of carboxylic acids is 1. The van der Waals surface area contributed by atoms with Gasteiger partial charge in [-0.25, -0.2) is 0 Å². The average Bonchev–Trinajstić information content (AvgIpc) is 2.29. The summed E-state index contributed by atoms with van der Waals surface area (Å²) in [5, 5.41) is 9.28. The van der Waals surface area contributed by atoms with Crippen molar-refractivity contribution in [2.24, 2.45) is 0 Å². The van der Waals surface area contributed by atoms with E-state index < -0.39 is 5.97 Å². The van der Waals surface area contributed by atoms with Crippen LogP contribution >= 0.6 is 0 Å². The number of unbranched alkanes of at least 4 members (excludes halogenated alkanes) is 1. The van der Waals surface area contributed by atoms with Crippen molar-refractivity contribution < 1.29 is 9.90 Å². The molecule has 0 aliphatic carbocycles. The van der Waals surface area contributed by atoms with Crippen molar-refractivity contribution in [2.45, 2.75) is 51.1 Å². The van der Waals surface area contributed by atoms with E-state index in [9.17, 15) is 9.90 Å². The summed E-state index contributed by atoms with van der Waals surface area (Å²) in [5.41, 5.74) is 0. The molecule has 1 unspecified atom stereocenters. The van der Waals surface area contributed by atoms with Crippen molar-refractivity contribution in [1.82, 2.24) is 9.80 Å². The molecule has 0 saturated carbocycles. The molecule has 1 aliphatic rings. The van der Waals surface area contributed by atoms with Crippen molar-refractivity contribution in [2.75, 3.05) is 27.2 Å². The topological polar surface area (TPSA) is 43.8 Å². The number of nitrogens with zero attached hydrogens (tertiary/aromatic N) is 2. The number of hydrogen-bond donors (Lipinski definition) is 1. The second-order valence-corrected chi connectivity index (χ2v) is 5.23. The summed E-state index contributed by atoms with van der Waals surface area (Å²) in [6.07, 6.45) is 5.03. The first-order chi connectivity index (χ1) is 8.06. The van der Waals surface area contributed by atoms with Crippen molar-refractivity contribution in [3.8, 4) is 0 Å². The van der Waals surface area contributed by atoms with Gasteiger partial charge in [0.2, 0.25) is 0 Å². The van der Waals surface area contributed by atoms with Crippen LogP contribution in [0, 0.1) is 0 Å². The minimum absolute atomic E-state index is 0.266. The molecule has 0 bridgehead atoms. The first-order valence-corrected chi connectivity index (χ1v) is 6.69. The van der Waals surface area contributed by atoms with Crippen molar-refractivity contribution in [1.29, 1.82) is 0 Å². The van der Waals surface area contributed by atoms with Gasteiger partial charge in [0.05, 0.1) is 0 Å². The summed E-state index contributed by atoms with van der Waals surface area (Å²) in [4.78, 5) is 15.7. The van der Waals surface area contributed by atoms with Gasteiger partial charge >= 0.3 is 5.97 Å². The number of likely N-dealkylation sites (tertiary alicyclic amines) is 1. The van der Waals surface area contributed by atoms with Crippen molar-refractivity contribution in [3.63, 3.8) is 0 Å². The third-order valence-electron chi connectivity index (χ3n) is 3.79. The molecule has 4 heteroatoms. The quantitative estimate of drug-likeness (QED) is 0.769. The molecule has 0 aromatic rings. The molecule has 4 nitrogen and oxygen atoms in total. The zero-order valence-electron chi connectivity index (χ0n) is 11.4. The van der Waals surface area contributed by atoms with Crippen LogP contribution in [0.4, 0.5) is 0 Å². The smallest absolute Gasteiger partial charge is 0.320 e.